The molecule has 1 fully saturated rings. The van der Waals surface area contributed by atoms with E-state index in [4.69, 9.17) is 4.42 Å². The van der Waals surface area contributed by atoms with Gasteiger partial charge in [0.1, 0.15) is 5.58 Å². The van der Waals surface area contributed by atoms with Crippen molar-refractivity contribution in [3.8, 4) is 11.1 Å². The Balaban J connectivity index is 1.23. The molecule has 0 bridgehead atoms. The van der Waals surface area contributed by atoms with E-state index >= 15 is 0 Å². The van der Waals surface area contributed by atoms with Crippen LogP contribution in [0.15, 0.2) is 199 Å². The molecular formula is C56H41NO. The number of benzene rings is 9. The van der Waals surface area contributed by atoms with Crippen LogP contribution in [0, 0.1) is 0 Å². The van der Waals surface area contributed by atoms with Crippen molar-refractivity contribution in [3.63, 3.8) is 0 Å². The fourth-order valence-corrected chi connectivity index (χ4v) is 10.8. The van der Waals surface area contributed by atoms with Crippen molar-refractivity contribution < 1.29 is 4.42 Å². The van der Waals surface area contributed by atoms with Crippen LogP contribution >= 0.6 is 0 Å². The number of para-hydroxylation sites is 3. The van der Waals surface area contributed by atoms with Crippen molar-refractivity contribution in [3.05, 3.63) is 222 Å². The molecule has 0 aliphatic heterocycles. The molecule has 12 rings (SSSR count). The quantitative estimate of drug-likeness (QED) is 0.169. The smallest absolute Gasteiger partial charge is 0.159 e. The minimum Gasteiger partial charge on any atom is -0.454 e. The first-order valence-electron chi connectivity index (χ1n) is 20.8. The molecular weight excluding hydrogens is 703 g/mol. The fraction of sp³-hybridized carbons (Fsp3) is 0.107. The van der Waals surface area contributed by atoms with Gasteiger partial charge >= 0.3 is 0 Å². The monoisotopic (exact) mass is 743 g/mol. The summed E-state index contributed by atoms with van der Waals surface area (Å²) in [7, 11) is 0. The lowest BCUT2D eigenvalue weighted by Gasteiger charge is -2.35. The Kier molecular flexibility index (Phi) is 7.50. The molecule has 9 aromatic carbocycles. The highest BCUT2D eigenvalue weighted by atomic mass is 16.3. The van der Waals surface area contributed by atoms with Crippen molar-refractivity contribution in [1.29, 1.82) is 0 Å². The van der Waals surface area contributed by atoms with E-state index in [0.717, 1.165) is 33.6 Å². The Morgan fingerprint density at radius 2 is 1.00 bits per heavy atom. The topological polar surface area (TPSA) is 16.4 Å². The summed E-state index contributed by atoms with van der Waals surface area (Å²) < 4.78 is 7.19. The van der Waals surface area contributed by atoms with Gasteiger partial charge in [0.15, 0.2) is 5.58 Å². The van der Waals surface area contributed by atoms with Gasteiger partial charge in [0, 0.05) is 21.8 Å². The third kappa shape index (κ3) is 4.72. The van der Waals surface area contributed by atoms with Crippen LogP contribution in [0.25, 0.3) is 54.6 Å². The largest absolute Gasteiger partial charge is 0.454 e. The van der Waals surface area contributed by atoms with Crippen molar-refractivity contribution in [2.75, 3.05) is 4.90 Å². The molecule has 58 heavy (non-hydrogen) atoms. The van der Waals surface area contributed by atoms with Crippen LogP contribution in [0.1, 0.15) is 59.4 Å². The van der Waals surface area contributed by atoms with Crippen LogP contribution in [0.3, 0.4) is 0 Å². The summed E-state index contributed by atoms with van der Waals surface area (Å²) in [4.78, 5) is 2.46. The second-order valence-corrected chi connectivity index (χ2v) is 16.2. The molecule has 2 nitrogen and oxygen atoms in total. The van der Waals surface area contributed by atoms with Gasteiger partial charge in [0.25, 0.3) is 0 Å². The van der Waals surface area contributed by atoms with Gasteiger partial charge in [-0.3, -0.25) is 0 Å². The average molecular weight is 744 g/mol. The van der Waals surface area contributed by atoms with Gasteiger partial charge in [-0.2, -0.15) is 0 Å². The second kappa shape index (κ2) is 13.1. The molecule has 0 amide bonds. The van der Waals surface area contributed by atoms with Crippen LogP contribution in [-0.4, -0.2) is 0 Å². The fourth-order valence-electron chi connectivity index (χ4n) is 10.8. The first-order valence-corrected chi connectivity index (χ1v) is 20.8. The highest BCUT2D eigenvalue weighted by Gasteiger charge is 2.48. The van der Waals surface area contributed by atoms with E-state index in [2.05, 4.69) is 199 Å². The maximum absolute atomic E-state index is 7.19. The summed E-state index contributed by atoms with van der Waals surface area (Å²) in [5, 5.41) is 7.31. The molecule has 0 N–H and O–H groups in total. The second-order valence-electron chi connectivity index (χ2n) is 16.2. The number of furan rings is 1. The highest BCUT2D eigenvalue weighted by molar-refractivity contribution is 6.17. The van der Waals surface area contributed by atoms with E-state index in [1.807, 2.05) is 0 Å². The lowest BCUT2D eigenvalue weighted by atomic mass is 9.67. The molecule has 1 heterocycles. The van der Waals surface area contributed by atoms with Crippen molar-refractivity contribution in [2.24, 2.45) is 0 Å². The summed E-state index contributed by atoms with van der Waals surface area (Å²) in [5.74, 6) is 0.542. The summed E-state index contributed by atoms with van der Waals surface area (Å²) in [6.07, 6.45) is 5.02. The van der Waals surface area contributed by atoms with Crippen LogP contribution in [0.2, 0.25) is 0 Å². The highest BCUT2D eigenvalue weighted by Crippen LogP contribution is 2.61. The summed E-state index contributed by atoms with van der Waals surface area (Å²) in [6, 6.07) is 71.9. The van der Waals surface area contributed by atoms with E-state index < -0.39 is 5.41 Å². The molecule has 0 radical (unpaired) electrons. The standard InChI is InChI=1S/C56H41NO/c1-4-21-39(22-5-1)56(40-23-6-2-7-24-40)48-35-34-38-20-12-13-27-42(38)52(48)53-45-29-15-14-28-44(45)51(36-49(53)56)57(41-25-8-3-9-26-41)50-33-17-32-47-46-31-16-30-43(37-18-10-11-19-37)54(46)58-55(47)50/h1-9,12-17,20-37H,10-11,18-19H2. The maximum Gasteiger partial charge on any atom is 0.159 e. The number of nitrogens with zero attached hydrogens (tertiary/aromatic N) is 1. The van der Waals surface area contributed by atoms with Crippen LogP contribution < -0.4 is 4.90 Å². The molecule has 1 aromatic heterocycles. The van der Waals surface area contributed by atoms with Gasteiger partial charge in [-0.05, 0) is 98.1 Å². The Labute approximate surface area is 338 Å². The lowest BCUT2D eigenvalue weighted by Crippen LogP contribution is -2.28. The first kappa shape index (κ1) is 33.3. The number of fused-ring (bicyclic) bond motifs is 10. The van der Waals surface area contributed by atoms with E-state index in [9.17, 15) is 0 Å². The molecule has 2 aliphatic rings. The molecule has 10 aromatic rings. The predicted molar refractivity (Wildman–Crippen MR) is 242 cm³/mol. The third-order valence-electron chi connectivity index (χ3n) is 13.2. The average Bonchev–Trinajstić information content (AvgIpc) is 4.04. The SMILES string of the molecule is c1ccc(N(c2cc3c(c4ccccc24)-c2c(ccc4ccccc24)C3(c2ccccc2)c2ccccc2)c2cccc3c2oc2c(C4CCCC4)cccc23)cc1. The molecule has 0 atom stereocenters. The van der Waals surface area contributed by atoms with Crippen LogP contribution in [0.5, 0.6) is 0 Å². The van der Waals surface area contributed by atoms with Crippen molar-refractivity contribution in [2.45, 2.75) is 37.0 Å². The molecule has 0 unspecified atom stereocenters. The minimum absolute atomic E-state index is 0.542. The Hall–Kier alpha value is -6.90. The zero-order valence-corrected chi connectivity index (χ0v) is 32.2. The van der Waals surface area contributed by atoms with Crippen LogP contribution in [0.4, 0.5) is 17.1 Å². The number of rotatable bonds is 6. The molecule has 2 aliphatic carbocycles. The Morgan fingerprint density at radius 1 is 0.431 bits per heavy atom. The number of hydrogen-bond acceptors (Lipinski definition) is 2. The predicted octanol–water partition coefficient (Wildman–Crippen LogP) is 15.4. The number of hydrogen-bond donors (Lipinski definition) is 0. The van der Waals surface area contributed by atoms with Gasteiger partial charge in [0.05, 0.1) is 16.8 Å². The van der Waals surface area contributed by atoms with Gasteiger partial charge in [-0.25, -0.2) is 0 Å². The molecule has 2 heteroatoms. The Bertz CT molecular complexity index is 3130. The molecule has 0 saturated heterocycles. The zero-order valence-electron chi connectivity index (χ0n) is 32.2. The minimum atomic E-state index is -0.583. The summed E-state index contributed by atoms with van der Waals surface area (Å²) in [6.45, 7) is 0. The summed E-state index contributed by atoms with van der Waals surface area (Å²) in [5.41, 5.74) is 13.7. The van der Waals surface area contributed by atoms with E-state index in [0.29, 0.717) is 5.92 Å². The van der Waals surface area contributed by atoms with Crippen molar-refractivity contribution >= 4 is 60.5 Å². The van der Waals surface area contributed by atoms with Gasteiger partial charge in [0.2, 0.25) is 0 Å². The first-order chi connectivity index (χ1) is 28.8. The molecule has 1 saturated carbocycles. The van der Waals surface area contributed by atoms with Gasteiger partial charge in [-0.1, -0.05) is 183 Å². The van der Waals surface area contributed by atoms with Crippen molar-refractivity contribution in [1.82, 2.24) is 0 Å². The van der Waals surface area contributed by atoms with Gasteiger partial charge in [-0.15, -0.1) is 0 Å². The van der Waals surface area contributed by atoms with E-state index in [1.54, 1.807) is 0 Å². The van der Waals surface area contributed by atoms with E-state index in [1.165, 1.54) is 91.6 Å². The van der Waals surface area contributed by atoms with Gasteiger partial charge < -0.3 is 9.32 Å². The van der Waals surface area contributed by atoms with E-state index in [-0.39, 0.29) is 0 Å². The summed E-state index contributed by atoms with van der Waals surface area (Å²) >= 11 is 0. The maximum atomic E-state index is 7.19. The molecule has 276 valence electrons. The zero-order chi connectivity index (χ0) is 38.2. The Morgan fingerprint density at radius 3 is 1.72 bits per heavy atom. The lowest BCUT2D eigenvalue weighted by molar-refractivity contribution is 0.643. The number of anilines is 3. The van der Waals surface area contributed by atoms with Crippen LogP contribution in [-0.2, 0) is 5.41 Å². The normalized spacial score (nSPS) is 14.7. The third-order valence-corrected chi connectivity index (χ3v) is 13.2. The molecule has 0 spiro atoms.